The standard InChI is InChI=1S/C18H22N2O/c1-15-7-5-8-16(13-15)14-18(21)20(12-6-11-19)17-9-3-2-4-10-17/h2-5,7-10,13H,6,11-12,14,19H2,1H3. The number of carbonyl (C=O) groups excluding carboxylic acids is 1. The highest BCUT2D eigenvalue weighted by molar-refractivity contribution is 5.94. The summed E-state index contributed by atoms with van der Waals surface area (Å²) < 4.78 is 0. The summed E-state index contributed by atoms with van der Waals surface area (Å²) >= 11 is 0. The van der Waals surface area contributed by atoms with E-state index in [0.29, 0.717) is 19.5 Å². The van der Waals surface area contributed by atoms with Gasteiger partial charge in [0.2, 0.25) is 5.91 Å². The molecule has 0 spiro atoms. The molecule has 0 aromatic heterocycles. The zero-order valence-corrected chi connectivity index (χ0v) is 12.5. The molecule has 2 aromatic rings. The zero-order valence-electron chi connectivity index (χ0n) is 12.5. The average Bonchev–Trinajstić information content (AvgIpc) is 2.49. The molecule has 0 bridgehead atoms. The number of para-hydroxylation sites is 1. The molecule has 21 heavy (non-hydrogen) atoms. The van der Waals surface area contributed by atoms with Gasteiger partial charge >= 0.3 is 0 Å². The molecule has 0 aliphatic carbocycles. The molecular formula is C18H22N2O. The van der Waals surface area contributed by atoms with Crippen LogP contribution in [-0.2, 0) is 11.2 Å². The molecule has 2 rings (SSSR count). The fourth-order valence-corrected chi connectivity index (χ4v) is 2.35. The smallest absolute Gasteiger partial charge is 0.231 e. The number of anilines is 1. The Balaban J connectivity index is 2.14. The number of nitrogens with two attached hydrogens (primary N) is 1. The lowest BCUT2D eigenvalue weighted by Crippen LogP contribution is -2.34. The first-order chi connectivity index (χ1) is 10.2. The molecule has 0 aliphatic rings. The molecule has 3 nitrogen and oxygen atoms in total. The van der Waals surface area contributed by atoms with Gasteiger partial charge in [-0.05, 0) is 37.6 Å². The van der Waals surface area contributed by atoms with E-state index in [1.54, 1.807) is 0 Å². The number of benzene rings is 2. The van der Waals surface area contributed by atoms with Gasteiger partial charge in [0, 0.05) is 12.2 Å². The zero-order chi connectivity index (χ0) is 15.1. The molecule has 110 valence electrons. The molecule has 0 heterocycles. The molecule has 2 N–H and O–H groups in total. The highest BCUT2D eigenvalue weighted by atomic mass is 16.2. The van der Waals surface area contributed by atoms with Crippen molar-refractivity contribution in [3.8, 4) is 0 Å². The molecule has 0 saturated heterocycles. The Hall–Kier alpha value is -2.13. The van der Waals surface area contributed by atoms with Crippen LogP contribution in [0, 0.1) is 6.92 Å². The van der Waals surface area contributed by atoms with Crippen molar-refractivity contribution < 1.29 is 4.79 Å². The second-order valence-corrected chi connectivity index (χ2v) is 5.19. The molecule has 0 radical (unpaired) electrons. The fraction of sp³-hybridized carbons (Fsp3) is 0.278. The van der Waals surface area contributed by atoms with Crippen molar-refractivity contribution in [2.24, 2.45) is 5.73 Å². The van der Waals surface area contributed by atoms with Crippen molar-refractivity contribution in [2.75, 3.05) is 18.0 Å². The highest BCUT2D eigenvalue weighted by Gasteiger charge is 2.15. The lowest BCUT2D eigenvalue weighted by Gasteiger charge is -2.23. The third kappa shape index (κ3) is 4.43. The van der Waals surface area contributed by atoms with Crippen LogP contribution in [0.4, 0.5) is 5.69 Å². The molecule has 0 atom stereocenters. The first-order valence-electron chi connectivity index (χ1n) is 7.31. The Bertz CT molecular complexity index is 581. The van der Waals surface area contributed by atoms with Crippen molar-refractivity contribution in [3.05, 3.63) is 65.7 Å². The predicted octanol–water partition coefficient (Wildman–Crippen LogP) is 2.92. The van der Waals surface area contributed by atoms with E-state index in [4.69, 9.17) is 5.73 Å². The van der Waals surface area contributed by atoms with E-state index < -0.39 is 0 Å². The van der Waals surface area contributed by atoms with Gasteiger partial charge in [-0.2, -0.15) is 0 Å². The SMILES string of the molecule is Cc1cccc(CC(=O)N(CCCN)c2ccccc2)c1. The van der Waals surface area contributed by atoms with Gasteiger partial charge in [-0.3, -0.25) is 4.79 Å². The minimum absolute atomic E-state index is 0.111. The van der Waals surface area contributed by atoms with Gasteiger partial charge in [-0.15, -0.1) is 0 Å². The van der Waals surface area contributed by atoms with Gasteiger partial charge in [-0.25, -0.2) is 0 Å². The van der Waals surface area contributed by atoms with Crippen LogP contribution in [-0.4, -0.2) is 19.0 Å². The fourth-order valence-electron chi connectivity index (χ4n) is 2.35. The van der Waals surface area contributed by atoms with Crippen LogP contribution in [0.25, 0.3) is 0 Å². The number of rotatable bonds is 6. The van der Waals surface area contributed by atoms with Crippen LogP contribution in [0.2, 0.25) is 0 Å². The first kappa shape index (κ1) is 15.3. The van der Waals surface area contributed by atoms with E-state index in [0.717, 1.165) is 17.7 Å². The van der Waals surface area contributed by atoms with Crippen molar-refractivity contribution in [2.45, 2.75) is 19.8 Å². The molecule has 2 aromatic carbocycles. The van der Waals surface area contributed by atoms with Crippen LogP contribution in [0.1, 0.15) is 17.5 Å². The van der Waals surface area contributed by atoms with Crippen molar-refractivity contribution in [1.29, 1.82) is 0 Å². The minimum atomic E-state index is 0.111. The van der Waals surface area contributed by atoms with Crippen LogP contribution in [0.15, 0.2) is 54.6 Å². The molecule has 1 amide bonds. The summed E-state index contributed by atoms with van der Waals surface area (Å²) in [5, 5.41) is 0. The van der Waals surface area contributed by atoms with Crippen LogP contribution < -0.4 is 10.6 Å². The first-order valence-corrected chi connectivity index (χ1v) is 7.31. The predicted molar refractivity (Wildman–Crippen MR) is 87.3 cm³/mol. The number of hydrogen-bond donors (Lipinski definition) is 1. The summed E-state index contributed by atoms with van der Waals surface area (Å²) in [5.41, 5.74) is 8.75. The van der Waals surface area contributed by atoms with Crippen LogP contribution >= 0.6 is 0 Å². The van der Waals surface area contributed by atoms with Gasteiger partial charge < -0.3 is 10.6 Å². The topological polar surface area (TPSA) is 46.3 Å². The third-order valence-electron chi connectivity index (χ3n) is 3.39. The number of carbonyl (C=O) groups is 1. The summed E-state index contributed by atoms with van der Waals surface area (Å²) in [6.07, 6.45) is 1.22. The Kier molecular flexibility index (Phi) is 5.52. The number of hydrogen-bond acceptors (Lipinski definition) is 2. The lowest BCUT2D eigenvalue weighted by molar-refractivity contribution is -0.118. The van der Waals surface area contributed by atoms with Gasteiger partial charge in [0.25, 0.3) is 0 Å². The summed E-state index contributed by atoms with van der Waals surface area (Å²) in [7, 11) is 0. The Morgan fingerprint density at radius 2 is 1.86 bits per heavy atom. The van der Waals surface area contributed by atoms with E-state index in [1.807, 2.05) is 60.4 Å². The number of amides is 1. The number of nitrogens with zero attached hydrogens (tertiary/aromatic N) is 1. The Morgan fingerprint density at radius 3 is 2.52 bits per heavy atom. The maximum atomic E-state index is 12.6. The molecular weight excluding hydrogens is 260 g/mol. The third-order valence-corrected chi connectivity index (χ3v) is 3.39. The van der Waals surface area contributed by atoms with Crippen molar-refractivity contribution in [1.82, 2.24) is 0 Å². The second kappa shape index (κ2) is 7.60. The molecule has 0 saturated carbocycles. The quantitative estimate of drug-likeness (QED) is 0.885. The average molecular weight is 282 g/mol. The lowest BCUT2D eigenvalue weighted by atomic mass is 10.1. The van der Waals surface area contributed by atoms with E-state index in [2.05, 4.69) is 6.07 Å². The van der Waals surface area contributed by atoms with Crippen LogP contribution in [0.5, 0.6) is 0 Å². The normalized spacial score (nSPS) is 10.4. The maximum Gasteiger partial charge on any atom is 0.231 e. The second-order valence-electron chi connectivity index (χ2n) is 5.19. The largest absolute Gasteiger partial charge is 0.330 e. The highest BCUT2D eigenvalue weighted by Crippen LogP contribution is 2.16. The molecule has 0 fully saturated rings. The summed E-state index contributed by atoms with van der Waals surface area (Å²) in [6, 6.07) is 17.9. The van der Waals surface area contributed by atoms with E-state index in [1.165, 1.54) is 5.56 Å². The number of aryl methyl sites for hydroxylation is 1. The Labute approximate surface area is 126 Å². The summed E-state index contributed by atoms with van der Waals surface area (Å²) in [5.74, 6) is 0.111. The van der Waals surface area contributed by atoms with Gasteiger partial charge in [0.15, 0.2) is 0 Å². The van der Waals surface area contributed by atoms with E-state index in [9.17, 15) is 4.79 Å². The monoisotopic (exact) mass is 282 g/mol. The van der Waals surface area contributed by atoms with Crippen molar-refractivity contribution >= 4 is 11.6 Å². The summed E-state index contributed by atoms with van der Waals surface area (Å²) in [4.78, 5) is 14.4. The summed E-state index contributed by atoms with van der Waals surface area (Å²) in [6.45, 7) is 3.28. The van der Waals surface area contributed by atoms with Gasteiger partial charge in [0.05, 0.1) is 6.42 Å². The molecule has 3 heteroatoms. The van der Waals surface area contributed by atoms with Gasteiger partial charge in [-0.1, -0.05) is 48.0 Å². The van der Waals surface area contributed by atoms with E-state index in [-0.39, 0.29) is 5.91 Å². The molecule has 0 aliphatic heterocycles. The Morgan fingerprint density at radius 1 is 1.10 bits per heavy atom. The van der Waals surface area contributed by atoms with Crippen molar-refractivity contribution in [3.63, 3.8) is 0 Å². The van der Waals surface area contributed by atoms with E-state index >= 15 is 0 Å². The minimum Gasteiger partial charge on any atom is -0.330 e. The van der Waals surface area contributed by atoms with Gasteiger partial charge in [0.1, 0.15) is 0 Å². The van der Waals surface area contributed by atoms with Crippen LogP contribution in [0.3, 0.4) is 0 Å². The maximum absolute atomic E-state index is 12.6. The molecule has 0 unspecified atom stereocenters.